The fraction of sp³-hybridized carbons (Fsp3) is 0.250. The molecule has 0 aliphatic heterocycles. The van der Waals surface area contributed by atoms with Gasteiger partial charge in [0.25, 0.3) is 0 Å². The first-order valence-electron chi connectivity index (χ1n) is 7.20. The van der Waals surface area contributed by atoms with Crippen LogP contribution in [0, 0.1) is 0 Å². The Morgan fingerprint density at radius 3 is 2.86 bits per heavy atom. The lowest BCUT2D eigenvalue weighted by Crippen LogP contribution is -2.01. The molecule has 0 unspecified atom stereocenters. The summed E-state index contributed by atoms with van der Waals surface area (Å²) < 4.78 is 3.96. The summed E-state index contributed by atoms with van der Waals surface area (Å²) in [6, 6.07) is 8.01. The van der Waals surface area contributed by atoms with Gasteiger partial charge in [0.15, 0.2) is 5.82 Å². The number of rotatable bonds is 6. The Kier molecular flexibility index (Phi) is 4.00. The highest BCUT2D eigenvalue weighted by atomic mass is 15.3. The molecule has 5 heteroatoms. The minimum Gasteiger partial charge on any atom is -0.380 e. The Balaban J connectivity index is 1.60. The molecule has 0 atom stereocenters. The molecule has 108 valence electrons. The third kappa shape index (κ3) is 3.31. The molecule has 3 heterocycles. The highest BCUT2D eigenvalue weighted by Crippen LogP contribution is 2.11. The monoisotopic (exact) mass is 281 g/mol. The van der Waals surface area contributed by atoms with Gasteiger partial charge in [-0.2, -0.15) is 5.10 Å². The first-order chi connectivity index (χ1) is 10.3. The maximum absolute atomic E-state index is 4.40. The Bertz CT molecular complexity index is 667. The van der Waals surface area contributed by atoms with Gasteiger partial charge < -0.3 is 9.88 Å². The molecular weight excluding hydrogens is 262 g/mol. The quantitative estimate of drug-likeness (QED) is 0.755. The van der Waals surface area contributed by atoms with E-state index in [0.717, 1.165) is 31.0 Å². The van der Waals surface area contributed by atoms with Crippen LogP contribution in [0.1, 0.15) is 18.9 Å². The highest BCUT2D eigenvalue weighted by molar-refractivity contribution is 5.43. The van der Waals surface area contributed by atoms with Crippen molar-refractivity contribution in [2.45, 2.75) is 26.4 Å². The van der Waals surface area contributed by atoms with Crippen molar-refractivity contribution < 1.29 is 0 Å². The average Bonchev–Trinajstić information content (AvgIpc) is 3.18. The summed E-state index contributed by atoms with van der Waals surface area (Å²) >= 11 is 0. The summed E-state index contributed by atoms with van der Waals surface area (Å²) in [6.07, 6.45) is 10.9. The second-order valence-electron chi connectivity index (χ2n) is 4.97. The third-order valence-corrected chi connectivity index (χ3v) is 3.28. The van der Waals surface area contributed by atoms with Crippen LogP contribution >= 0.6 is 0 Å². The van der Waals surface area contributed by atoms with Crippen molar-refractivity contribution in [2.75, 3.05) is 5.32 Å². The maximum atomic E-state index is 4.40. The van der Waals surface area contributed by atoms with Gasteiger partial charge in [0.2, 0.25) is 0 Å². The molecule has 1 N–H and O–H groups in total. The van der Waals surface area contributed by atoms with Crippen LogP contribution < -0.4 is 5.32 Å². The van der Waals surface area contributed by atoms with Crippen LogP contribution in [0.4, 0.5) is 5.69 Å². The Hall–Kier alpha value is -2.56. The summed E-state index contributed by atoms with van der Waals surface area (Å²) in [6.45, 7) is 4.06. The topological polar surface area (TPSA) is 47.7 Å². The highest BCUT2D eigenvalue weighted by Gasteiger charge is 2.00. The van der Waals surface area contributed by atoms with E-state index in [-0.39, 0.29) is 0 Å². The summed E-state index contributed by atoms with van der Waals surface area (Å²) in [5.74, 6) is 0.819. The van der Waals surface area contributed by atoms with Crippen LogP contribution in [0.5, 0.6) is 0 Å². The summed E-state index contributed by atoms with van der Waals surface area (Å²) in [4.78, 5) is 4.40. The van der Waals surface area contributed by atoms with Crippen molar-refractivity contribution in [3.8, 4) is 5.82 Å². The standard InChI is InChI=1S/C16H19N5/c1-2-8-20-10-6-14(13-20)11-17-15-4-5-16(18-12-15)21-9-3-7-19-21/h3-7,9-10,12-13,17H,2,8,11H2,1H3. The number of hydrogen-bond donors (Lipinski definition) is 1. The fourth-order valence-corrected chi connectivity index (χ4v) is 2.23. The van der Waals surface area contributed by atoms with Crippen molar-refractivity contribution in [3.63, 3.8) is 0 Å². The van der Waals surface area contributed by atoms with Crippen molar-refractivity contribution in [2.24, 2.45) is 0 Å². The second-order valence-corrected chi connectivity index (χ2v) is 4.97. The van der Waals surface area contributed by atoms with E-state index in [1.807, 2.05) is 30.6 Å². The SMILES string of the molecule is CCCn1ccc(CNc2ccc(-n3cccn3)nc2)c1. The van der Waals surface area contributed by atoms with Gasteiger partial charge in [-0.3, -0.25) is 0 Å². The second kappa shape index (κ2) is 6.26. The lowest BCUT2D eigenvalue weighted by molar-refractivity contribution is 0.681. The summed E-state index contributed by atoms with van der Waals surface area (Å²) in [5, 5.41) is 7.54. The molecule has 0 amide bonds. The minimum absolute atomic E-state index is 0.805. The number of aryl methyl sites for hydroxylation is 1. The van der Waals surface area contributed by atoms with Gasteiger partial charge in [0.1, 0.15) is 0 Å². The summed E-state index contributed by atoms with van der Waals surface area (Å²) in [5.41, 5.74) is 2.29. The van der Waals surface area contributed by atoms with Crippen LogP contribution in [-0.2, 0) is 13.1 Å². The van der Waals surface area contributed by atoms with Gasteiger partial charge in [0, 0.05) is 37.9 Å². The van der Waals surface area contributed by atoms with E-state index in [2.05, 4.69) is 45.4 Å². The van der Waals surface area contributed by atoms with E-state index < -0.39 is 0 Å². The van der Waals surface area contributed by atoms with E-state index in [0.29, 0.717) is 0 Å². The van der Waals surface area contributed by atoms with E-state index in [1.54, 1.807) is 10.9 Å². The molecular formula is C16H19N5. The molecule has 21 heavy (non-hydrogen) atoms. The zero-order chi connectivity index (χ0) is 14.5. The number of hydrogen-bond acceptors (Lipinski definition) is 3. The van der Waals surface area contributed by atoms with Crippen molar-refractivity contribution >= 4 is 5.69 Å². The normalized spacial score (nSPS) is 10.7. The van der Waals surface area contributed by atoms with Gasteiger partial charge >= 0.3 is 0 Å². The van der Waals surface area contributed by atoms with E-state index in [1.165, 1.54) is 5.56 Å². The van der Waals surface area contributed by atoms with Crippen LogP contribution in [0.25, 0.3) is 5.82 Å². The van der Waals surface area contributed by atoms with Crippen molar-refractivity contribution in [3.05, 3.63) is 60.8 Å². The van der Waals surface area contributed by atoms with Crippen LogP contribution in [0.2, 0.25) is 0 Å². The average molecular weight is 281 g/mol. The predicted molar refractivity (Wildman–Crippen MR) is 83.4 cm³/mol. The first-order valence-corrected chi connectivity index (χ1v) is 7.20. The van der Waals surface area contributed by atoms with Crippen molar-refractivity contribution in [1.82, 2.24) is 19.3 Å². The summed E-state index contributed by atoms with van der Waals surface area (Å²) in [7, 11) is 0. The fourth-order valence-electron chi connectivity index (χ4n) is 2.23. The molecule has 3 rings (SSSR count). The predicted octanol–water partition coefficient (Wildman–Crippen LogP) is 3.09. The molecule has 3 aromatic rings. The Morgan fingerprint density at radius 1 is 1.19 bits per heavy atom. The lowest BCUT2D eigenvalue weighted by atomic mass is 10.3. The lowest BCUT2D eigenvalue weighted by Gasteiger charge is -2.06. The molecule has 0 saturated heterocycles. The number of nitrogens with one attached hydrogen (secondary N) is 1. The van der Waals surface area contributed by atoms with Gasteiger partial charge in [-0.1, -0.05) is 6.92 Å². The maximum Gasteiger partial charge on any atom is 0.153 e. The molecule has 0 aliphatic carbocycles. The van der Waals surface area contributed by atoms with E-state index >= 15 is 0 Å². The van der Waals surface area contributed by atoms with Gasteiger partial charge in [-0.25, -0.2) is 9.67 Å². The number of nitrogens with zero attached hydrogens (tertiary/aromatic N) is 4. The van der Waals surface area contributed by atoms with E-state index in [4.69, 9.17) is 0 Å². The molecule has 0 spiro atoms. The minimum atomic E-state index is 0.805. The van der Waals surface area contributed by atoms with Crippen LogP contribution in [0.3, 0.4) is 0 Å². The van der Waals surface area contributed by atoms with Gasteiger partial charge in [-0.05, 0) is 36.2 Å². The molecule has 0 aliphatic rings. The molecule has 0 bridgehead atoms. The zero-order valence-electron chi connectivity index (χ0n) is 12.1. The third-order valence-electron chi connectivity index (χ3n) is 3.28. The van der Waals surface area contributed by atoms with Gasteiger partial charge in [-0.15, -0.1) is 0 Å². The Labute approximate surface area is 124 Å². The van der Waals surface area contributed by atoms with Crippen LogP contribution in [0.15, 0.2) is 55.2 Å². The first kappa shape index (κ1) is 13.4. The number of pyridine rings is 1. The molecule has 0 aromatic carbocycles. The molecule has 5 nitrogen and oxygen atoms in total. The van der Waals surface area contributed by atoms with Gasteiger partial charge in [0.05, 0.1) is 11.9 Å². The van der Waals surface area contributed by atoms with Crippen molar-refractivity contribution in [1.29, 1.82) is 0 Å². The molecule has 0 saturated carbocycles. The molecule has 0 fully saturated rings. The zero-order valence-corrected chi connectivity index (χ0v) is 12.1. The number of anilines is 1. The largest absolute Gasteiger partial charge is 0.380 e. The number of aromatic nitrogens is 4. The molecule has 3 aromatic heterocycles. The van der Waals surface area contributed by atoms with Crippen LogP contribution in [-0.4, -0.2) is 19.3 Å². The Morgan fingerprint density at radius 2 is 2.14 bits per heavy atom. The van der Waals surface area contributed by atoms with E-state index in [9.17, 15) is 0 Å². The molecule has 0 radical (unpaired) electrons. The smallest absolute Gasteiger partial charge is 0.153 e.